The molecule has 36 heavy (non-hydrogen) atoms. The molecule has 188 valence electrons. The highest BCUT2D eigenvalue weighted by molar-refractivity contribution is 7.07. The molecule has 0 atom stereocenters. The van der Waals surface area contributed by atoms with Crippen LogP contribution in [0.1, 0.15) is 60.8 Å². The third-order valence-corrected chi connectivity index (χ3v) is 7.28. The van der Waals surface area contributed by atoms with Crippen LogP contribution in [-0.4, -0.2) is 52.8 Å². The Bertz CT molecular complexity index is 1190. The predicted octanol–water partition coefficient (Wildman–Crippen LogP) is 5.68. The number of carbonyl (C=O) groups is 2. The Morgan fingerprint density at radius 2 is 1.53 bits per heavy atom. The lowest BCUT2D eigenvalue weighted by molar-refractivity contribution is -0.114. The molecule has 6 nitrogen and oxygen atoms in total. The minimum Gasteiger partial charge on any atom is -0.339 e. The standard InChI is InChI=1S/C29H34N4O2S/c1-4-33(5-2)29(35)25-8-6-22(7-9-25)28(23-10-12-26(13-11-23)31-21(3)34)24-14-16-32(17-15-24)18-27-19-36-20-30-27/h6-13,19-20H,4-5,14-18H2,1-3H3,(H,31,34). The van der Waals surface area contributed by atoms with Gasteiger partial charge in [0.05, 0.1) is 11.2 Å². The number of benzene rings is 2. The maximum Gasteiger partial charge on any atom is 0.253 e. The quantitative estimate of drug-likeness (QED) is 0.430. The summed E-state index contributed by atoms with van der Waals surface area (Å²) < 4.78 is 0. The summed E-state index contributed by atoms with van der Waals surface area (Å²) in [5, 5.41) is 4.97. The van der Waals surface area contributed by atoms with Gasteiger partial charge in [0, 0.05) is 56.3 Å². The van der Waals surface area contributed by atoms with Crippen LogP contribution in [0.2, 0.25) is 0 Å². The van der Waals surface area contributed by atoms with Gasteiger partial charge in [-0.3, -0.25) is 14.5 Å². The molecular weight excluding hydrogens is 468 g/mol. The van der Waals surface area contributed by atoms with Crippen LogP contribution in [0.15, 0.2) is 65.0 Å². The molecule has 0 spiro atoms. The Morgan fingerprint density at radius 3 is 2.06 bits per heavy atom. The van der Waals surface area contributed by atoms with Crippen molar-refractivity contribution in [3.63, 3.8) is 0 Å². The third kappa shape index (κ3) is 6.28. The minimum absolute atomic E-state index is 0.0655. The van der Waals surface area contributed by atoms with E-state index >= 15 is 0 Å². The number of anilines is 1. The summed E-state index contributed by atoms with van der Waals surface area (Å²) in [6, 6.07) is 16.1. The molecule has 7 heteroatoms. The van der Waals surface area contributed by atoms with Crippen molar-refractivity contribution in [1.82, 2.24) is 14.8 Å². The third-order valence-electron chi connectivity index (χ3n) is 6.65. The number of aromatic nitrogens is 1. The van der Waals surface area contributed by atoms with E-state index in [2.05, 4.69) is 44.8 Å². The molecule has 0 saturated carbocycles. The van der Waals surface area contributed by atoms with Crippen LogP contribution in [0.4, 0.5) is 5.69 Å². The van der Waals surface area contributed by atoms with Gasteiger partial charge in [0.1, 0.15) is 0 Å². The van der Waals surface area contributed by atoms with Crippen molar-refractivity contribution in [1.29, 1.82) is 0 Å². The first-order valence-corrected chi connectivity index (χ1v) is 13.5. The first-order valence-electron chi connectivity index (χ1n) is 12.6. The number of piperidine rings is 1. The second-order valence-corrected chi connectivity index (χ2v) is 9.77. The molecule has 4 rings (SSSR count). The van der Waals surface area contributed by atoms with E-state index in [1.165, 1.54) is 18.1 Å². The van der Waals surface area contributed by atoms with Crippen LogP contribution in [-0.2, 0) is 11.3 Å². The van der Waals surface area contributed by atoms with Crippen molar-refractivity contribution in [3.05, 3.63) is 87.4 Å². The lowest BCUT2D eigenvalue weighted by Gasteiger charge is -2.29. The molecule has 1 aliphatic heterocycles. The molecule has 3 aromatic rings. The number of carbonyl (C=O) groups excluding carboxylic acids is 2. The van der Waals surface area contributed by atoms with Crippen LogP contribution in [0.25, 0.3) is 5.57 Å². The van der Waals surface area contributed by atoms with Crippen molar-refractivity contribution < 1.29 is 9.59 Å². The van der Waals surface area contributed by atoms with E-state index in [1.807, 2.05) is 48.5 Å². The van der Waals surface area contributed by atoms with Gasteiger partial charge in [-0.2, -0.15) is 0 Å². The van der Waals surface area contributed by atoms with Gasteiger partial charge in [0.25, 0.3) is 5.91 Å². The number of nitrogens with one attached hydrogen (secondary N) is 1. The van der Waals surface area contributed by atoms with Crippen molar-refractivity contribution >= 4 is 34.4 Å². The molecule has 1 aromatic heterocycles. The SMILES string of the molecule is CCN(CC)C(=O)c1ccc(C(=C2CCN(Cc3cscn3)CC2)c2ccc(NC(C)=O)cc2)cc1. The molecule has 2 heterocycles. The molecule has 1 fully saturated rings. The summed E-state index contributed by atoms with van der Waals surface area (Å²) in [6.45, 7) is 9.78. The Morgan fingerprint density at radius 1 is 0.944 bits per heavy atom. The van der Waals surface area contributed by atoms with Crippen LogP contribution < -0.4 is 5.32 Å². The smallest absolute Gasteiger partial charge is 0.253 e. The normalized spacial score (nSPS) is 13.9. The lowest BCUT2D eigenvalue weighted by atomic mass is 9.88. The van der Waals surface area contributed by atoms with Crippen molar-refractivity contribution in [2.45, 2.75) is 40.2 Å². The molecule has 0 aliphatic carbocycles. The highest BCUT2D eigenvalue weighted by Crippen LogP contribution is 2.33. The van der Waals surface area contributed by atoms with Crippen molar-refractivity contribution in [3.8, 4) is 0 Å². The van der Waals surface area contributed by atoms with E-state index in [1.54, 1.807) is 11.3 Å². The van der Waals surface area contributed by atoms with Crippen LogP contribution in [0, 0.1) is 0 Å². The summed E-state index contributed by atoms with van der Waals surface area (Å²) in [4.78, 5) is 33.0. The zero-order valence-corrected chi connectivity index (χ0v) is 22.1. The van der Waals surface area contributed by atoms with Crippen LogP contribution in [0.5, 0.6) is 0 Å². The largest absolute Gasteiger partial charge is 0.339 e. The molecule has 0 bridgehead atoms. The fraction of sp³-hybridized carbons (Fsp3) is 0.345. The van der Waals surface area contributed by atoms with Gasteiger partial charge in [0.15, 0.2) is 0 Å². The maximum absolute atomic E-state index is 12.8. The Balaban J connectivity index is 1.62. The summed E-state index contributed by atoms with van der Waals surface area (Å²) in [7, 11) is 0. The van der Waals surface area contributed by atoms with Gasteiger partial charge >= 0.3 is 0 Å². The number of rotatable bonds is 8. The Kier molecular flexibility index (Phi) is 8.67. The van der Waals surface area contributed by atoms with E-state index in [0.29, 0.717) is 18.7 Å². The number of nitrogens with zero attached hydrogens (tertiary/aromatic N) is 3. The first kappa shape index (κ1) is 25.8. The van der Waals surface area contributed by atoms with E-state index in [-0.39, 0.29) is 11.8 Å². The number of likely N-dealkylation sites (tertiary alicyclic amines) is 1. The molecule has 0 unspecified atom stereocenters. The van der Waals surface area contributed by atoms with Crippen LogP contribution >= 0.6 is 11.3 Å². The van der Waals surface area contributed by atoms with Gasteiger partial charge in [-0.05, 0) is 67.7 Å². The zero-order chi connectivity index (χ0) is 25.5. The number of amides is 2. The zero-order valence-electron chi connectivity index (χ0n) is 21.3. The van der Waals surface area contributed by atoms with Crippen molar-refractivity contribution in [2.24, 2.45) is 0 Å². The van der Waals surface area contributed by atoms with E-state index < -0.39 is 0 Å². The lowest BCUT2D eigenvalue weighted by Crippen LogP contribution is -2.30. The fourth-order valence-corrected chi connectivity index (χ4v) is 5.30. The molecule has 2 aromatic carbocycles. The average Bonchev–Trinajstić information content (AvgIpc) is 3.40. The second-order valence-electron chi connectivity index (χ2n) is 9.05. The Hall–Kier alpha value is -3.29. The summed E-state index contributed by atoms with van der Waals surface area (Å²) in [6.07, 6.45) is 1.96. The maximum atomic E-state index is 12.8. The molecule has 0 radical (unpaired) electrons. The topological polar surface area (TPSA) is 65.5 Å². The predicted molar refractivity (Wildman–Crippen MR) is 147 cm³/mol. The van der Waals surface area contributed by atoms with Crippen LogP contribution in [0.3, 0.4) is 0 Å². The summed E-state index contributed by atoms with van der Waals surface area (Å²) >= 11 is 1.64. The Labute approximate surface area is 217 Å². The molecular formula is C29H34N4O2S. The molecule has 2 amide bonds. The van der Waals surface area contributed by atoms with E-state index in [9.17, 15) is 9.59 Å². The van der Waals surface area contributed by atoms with Gasteiger partial charge in [-0.15, -0.1) is 11.3 Å². The molecule has 1 N–H and O–H groups in total. The molecule has 1 aliphatic rings. The van der Waals surface area contributed by atoms with Gasteiger partial charge in [-0.1, -0.05) is 29.8 Å². The summed E-state index contributed by atoms with van der Waals surface area (Å²) in [5.74, 6) is -0.0157. The summed E-state index contributed by atoms with van der Waals surface area (Å²) in [5.41, 5.74) is 9.40. The number of hydrogen-bond acceptors (Lipinski definition) is 5. The average molecular weight is 503 g/mol. The minimum atomic E-state index is -0.0812. The van der Waals surface area contributed by atoms with Gasteiger partial charge < -0.3 is 10.2 Å². The highest BCUT2D eigenvalue weighted by atomic mass is 32.1. The highest BCUT2D eigenvalue weighted by Gasteiger charge is 2.20. The van der Waals surface area contributed by atoms with Gasteiger partial charge in [0.2, 0.25) is 5.91 Å². The fourth-order valence-electron chi connectivity index (χ4n) is 4.75. The second kappa shape index (κ2) is 12.1. The van der Waals surface area contributed by atoms with Gasteiger partial charge in [-0.25, -0.2) is 4.98 Å². The monoisotopic (exact) mass is 502 g/mol. The first-order chi connectivity index (χ1) is 17.5. The number of hydrogen-bond donors (Lipinski definition) is 1. The number of thiazole rings is 1. The van der Waals surface area contributed by atoms with E-state index in [0.717, 1.165) is 55.0 Å². The van der Waals surface area contributed by atoms with E-state index in [4.69, 9.17) is 0 Å². The molecule has 1 saturated heterocycles. The van der Waals surface area contributed by atoms with Crippen molar-refractivity contribution in [2.75, 3.05) is 31.5 Å².